The van der Waals surface area contributed by atoms with Crippen molar-refractivity contribution in [1.82, 2.24) is 34.5 Å². The Balaban J connectivity index is 1.31. The van der Waals surface area contributed by atoms with Gasteiger partial charge in [-0.2, -0.15) is 10.2 Å². The molecule has 1 aromatic carbocycles. The lowest BCUT2D eigenvalue weighted by atomic mass is 10.0. The maximum atomic E-state index is 10.1. The molecule has 0 bridgehead atoms. The summed E-state index contributed by atoms with van der Waals surface area (Å²) < 4.78 is 9.73. The SMILES string of the molecule is CC(C)(O)Cn1cc(-c2ccc3c(c2)OCCc2sc(-c4ncnn4Cc4ccccn4)nc2-3)cn1. The van der Waals surface area contributed by atoms with Crippen molar-refractivity contribution in [3.8, 4) is 39.0 Å². The first-order valence-electron chi connectivity index (χ1n) is 11.7. The second kappa shape index (κ2) is 8.96. The number of rotatable bonds is 6. The van der Waals surface area contributed by atoms with Crippen LogP contribution in [0.25, 0.3) is 33.2 Å². The van der Waals surface area contributed by atoms with Crippen molar-refractivity contribution in [2.45, 2.75) is 39.0 Å². The maximum Gasteiger partial charge on any atom is 0.187 e. The monoisotopic (exact) mass is 499 g/mol. The minimum absolute atomic E-state index is 0.421. The number of nitrogens with zero attached hydrogens (tertiary/aromatic N) is 7. The summed E-state index contributed by atoms with van der Waals surface area (Å²) >= 11 is 1.63. The number of aliphatic hydroxyl groups is 1. The van der Waals surface area contributed by atoms with E-state index in [-0.39, 0.29) is 0 Å². The third-order valence-electron chi connectivity index (χ3n) is 5.88. The van der Waals surface area contributed by atoms with Gasteiger partial charge in [0.05, 0.1) is 42.9 Å². The molecule has 10 heteroatoms. The van der Waals surface area contributed by atoms with Crippen LogP contribution >= 0.6 is 11.3 Å². The van der Waals surface area contributed by atoms with E-state index in [4.69, 9.17) is 9.72 Å². The number of benzene rings is 1. The van der Waals surface area contributed by atoms with Crippen LogP contribution in [-0.4, -0.2) is 51.8 Å². The number of pyridine rings is 1. The molecule has 0 aliphatic carbocycles. The second-order valence-electron chi connectivity index (χ2n) is 9.40. The van der Waals surface area contributed by atoms with Gasteiger partial charge in [0, 0.05) is 34.8 Å². The van der Waals surface area contributed by atoms with Gasteiger partial charge in [-0.25, -0.2) is 14.6 Å². The number of thiazole rings is 1. The van der Waals surface area contributed by atoms with Gasteiger partial charge in [-0.3, -0.25) is 9.67 Å². The minimum Gasteiger partial charge on any atom is -0.492 e. The van der Waals surface area contributed by atoms with Gasteiger partial charge in [0.25, 0.3) is 0 Å². The van der Waals surface area contributed by atoms with Crippen molar-refractivity contribution in [3.63, 3.8) is 0 Å². The summed E-state index contributed by atoms with van der Waals surface area (Å²) in [6.45, 7) is 5.06. The van der Waals surface area contributed by atoms with Gasteiger partial charge < -0.3 is 9.84 Å². The first-order valence-corrected chi connectivity index (χ1v) is 12.5. The number of hydrogen-bond donors (Lipinski definition) is 1. The smallest absolute Gasteiger partial charge is 0.187 e. The molecule has 0 unspecified atom stereocenters. The Bertz CT molecular complexity index is 1510. The Morgan fingerprint density at radius 3 is 2.86 bits per heavy atom. The first kappa shape index (κ1) is 22.6. The molecule has 0 atom stereocenters. The molecule has 0 fully saturated rings. The number of fused-ring (bicyclic) bond motifs is 3. The zero-order valence-electron chi connectivity index (χ0n) is 20.0. The lowest BCUT2D eigenvalue weighted by Crippen LogP contribution is -2.26. The van der Waals surface area contributed by atoms with E-state index >= 15 is 0 Å². The van der Waals surface area contributed by atoms with E-state index in [0.717, 1.165) is 51.1 Å². The van der Waals surface area contributed by atoms with Crippen LogP contribution in [0.15, 0.2) is 61.3 Å². The highest BCUT2D eigenvalue weighted by Crippen LogP contribution is 2.41. The predicted octanol–water partition coefficient (Wildman–Crippen LogP) is 4.08. The molecule has 6 rings (SSSR count). The molecule has 1 N–H and O–H groups in total. The van der Waals surface area contributed by atoms with Crippen molar-refractivity contribution in [2.24, 2.45) is 0 Å². The molecule has 9 nitrogen and oxygen atoms in total. The van der Waals surface area contributed by atoms with Gasteiger partial charge in [-0.15, -0.1) is 11.3 Å². The van der Waals surface area contributed by atoms with Gasteiger partial charge in [-0.1, -0.05) is 12.1 Å². The van der Waals surface area contributed by atoms with E-state index in [9.17, 15) is 5.11 Å². The average Bonchev–Trinajstić information content (AvgIpc) is 3.57. The Hall–Kier alpha value is -3.89. The van der Waals surface area contributed by atoms with Crippen LogP contribution in [0.3, 0.4) is 0 Å². The number of hydrogen-bond acceptors (Lipinski definition) is 8. The molecule has 5 aromatic rings. The van der Waals surface area contributed by atoms with E-state index in [2.05, 4.69) is 32.3 Å². The van der Waals surface area contributed by atoms with Gasteiger partial charge in [0.2, 0.25) is 0 Å². The van der Waals surface area contributed by atoms with Crippen LogP contribution in [0.1, 0.15) is 24.4 Å². The van der Waals surface area contributed by atoms with Gasteiger partial charge in [0.15, 0.2) is 10.8 Å². The van der Waals surface area contributed by atoms with Crippen molar-refractivity contribution < 1.29 is 9.84 Å². The summed E-state index contributed by atoms with van der Waals surface area (Å²) in [6.07, 6.45) is 7.87. The third-order valence-corrected chi connectivity index (χ3v) is 6.99. The van der Waals surface area contributed by atoms with Crippen molar-refractivity contribution in [2.75, 3.05) is 6.61 Å². The van der Waals surface area contributed by atoms with Crippen LogP contribution in [0.5, 0.6) is 5.75 Å². The molecule has 36 heavy (non-hydrogen) atoms. The number of aromatic nitrogens is 7. The molecule has 1 aliphatic heterocycles. The Kier molecular flexibility index (Phi) is 5.62. The summed E-state index contributed by atoms with van der Waals surface area (Å²) in [5.41, 5.74) is 3.95. The highest BCUT2D eigenvalue weighted by atomic mass is 32.1. The van der Waals surface area contributed by atoms with E-state index in [1.54, 1.807) is 42.4 Å². The van der Waals surface area contributed by atoms with Gasteiger partial charge in [0.1, 0.15) is 12.1 Å². The van der Waals surface area contributed by atoms with Crippen LogP contribution in [0.4, 0.5) is 0 Å². The Morgan fingerprint density at radius 1 is 1.11 bits per heavy atom. The molecular formula is C26H25N7O2S. The quantitative estimate of drug-likeness (QED) is 0.375. The first-order chi connectivity index (χ1) is 17.4. The van der Waals surface area contributed by atoms with E-state index in [1.807, 2.05) is 41.3 Å². The summed E-state index contributed by atoms with van der Waals surface area (Å²) in [5, 5.41) is 19.7. The normalized spacial score (nSPS) is 13.1. The van der Waals surface area contributed by atoms with Gasteiger partial charge in [-0.05, 0) is 43.7 Å². The second-order valence-corrected chi connectivity index (χ2v) is 10.5. The topological polar surface area (TPSA) is 104 Å². The van der Waals surface area contributed by atoms with Crippen molar-refractivity contribution >= 4 is 11.3 Å². The van der Waals surface area contributed by atoms with Crippen LogP contribution < -0.4 is 4.74 Å². The van der Waals surface area contributed by atoms with E-state index in [0.29, 0.717) is 19.7 Å². The summed E-state index contributed by atoms with van der Waals surface area (Å²) in [7, 11) is 0. The van der Waals surface area contributed by atoms with Crippen LogP contribution in [-0.2, 0) is 19.5 Å². The number of ether oxygens (including phenoxy) is 1. The van der Waals surface area contributed by atoms with Crippen molar-refractivity contribution in [1.29, 1.82) is 0 Å². The van der Waals surface area contributed by atoms with E-state index in [1.165, 1.54) is 4.88 Å². The third kappa shape index (κ3) is 4.52. The molecule has 0 saturated heterocycles. The molecule has 5 heterocycles. The van der Waals surface area contributed by atoms with E-state index < -0.39 is 5.60 Å². The maximum absolute atomic E-state index is 10.1. The van der Waals surface area contributed by atoms with Crippen LogP contribution in [0.2, 0.25) is 0 Å². The van der Waals surface area contributed by atoms with Crippen LogP contribution in [0, 0.1) is 0 Å². The standard InChI is InChI=1S/C26H25N7O2S/c1-26(2,34)15-32-13-18(12-29-32)17-6-7-20-21(11-17)35-10-8-22-23(20)31-25(36-22)24-28-16-30-33(24)14-19-5-3-4-9-27-19/h3-7,9,11-13,16,34H,8,10,14-15H2,1-2H3. The molecule has 0 saturated carbocycles. The Morgan fingerprint density at radius 2 is 2.03 bits per heavy atom. The molecular weight excluding hydrogens is 474 g/mol. The fourth-order valence-corrected chi connectivity index (χ4v) is 5.34. The zero-order chi connectivity index (χ0) is 24.7. The summed E-state index contributed by atoms with van der Waals surface area (Å²) in [5.74, 6) is 1.53. The summed E-state index contributed by atoms with van der Waals surface area (Å²) in [6, 6.07) is 12.0. The predicted molar refractivity (Wildman–Crippen MR) is 137 cm³/mol. The molecule has 0 amide bonds. The largest absolute Gasteiger partial charge is 0.492 e. The molecule has 0 radical (unpaired) electrons. The van der Waals surface area contributed by atoms with Crippen molar-refractivity contribution in [3.05, 3.63) is 71.9 Å². The highest BCUT2D eigenvalue weighted by molar-refractivity contribution is 7.15. The lowest BCUT2D eigenvalue weighted by Gasteiger charge is -2.16. The minimum atomic E-state index is -0.833. The fourth-order valence-electron chi connectivity index (χ4n) is 4.28. The summed E-state index contributed by atoms with van der Waals surface area (Å²) in [4.78, 5) is 15.1. The molecule has 0 spiro atoms. The molecule has 1 aliphatic rings. The fraction of sp³-hybridized carbons (Fsp3) is 0.269. The highest BCUT2D eigenvalue weighted by Gasteiger charge is 2.24. The van der Waals surface area contributed by atoms with Gasteiger partial charge >= 0.3 is 0 Å². The molecule has 182 valence electrons. The Labute approximate surface area is 212 Å². The lowest BCUT2D eigenvalue weighted by molar-refractivity contribution is 0.0577. The zero-order valence-corrected chi connectivity index (χ0v) is 20.8. The average molecular weight is 500 g/mol. The molecule has 4 aromatic heterocycles.